The van der Waals surface area contributed by atoms with Gasteiger partial charge in [0.05, 0.1) is 43.9 Å². The molecule has 2 aromatic rings. The van der Waals surface area contributed by atoms with Gasteiger partial charge < -0.3 is 19.1 Å². The molecule has 0 saturated carbocycles. The van der Waals surface area contributed by atoms with Crippen LogP contribution >= 0.6 is 0 Å². The number of esters is 1. The molecule has 0 spiro atoms. The minimum Gasteiger partial charge on any atom is -0.487 e. The van der Waals surface area contributed by atoms with E-state index in [1.165, 1.54) is 11.6 Å². The zero-order valence-electron chi connectivity index (χ0n) is 17.0. The standard InChI is InChI=1S/C23H28N2O4/c1-3-28-23(26)6-4-5-20-17-27-12-11-25(20)21-13-22(15-24-14-21)29-16-19-9-7-18(2)8-10-19/h4,6-10,13-15,20H,3,5,11-12,16-17H2,1-2H3/b6-4+. The fourth-order valence-corrected chi connectivity index (χ4v) is 3.20. The molecule has 6 heteroatoms. The maximum absolute atomic E-state index is 11.5. The molecule has 1 aromatic carbocycles. The van der Waals surface area contributed by atoms with E-state index in [0.29, 0.717) is 32.8 Å². The molecule has 29 heavy (non-hydrogen) atoms. The van der Waals surface area contributed by atoms with Crippen molar-refractivity contribution in [1.29, 1.82) is 0 Å². The fraction of sp³-hybridized carbons (Fsp3) is 0.391. The molecule has 1 saturated heterocycles. The van der Waals surface area contributed by atoms with Gasteiger partial charge in [-0.05, 0) is 25.8 Å². The molecule has 0 aliphatic carbocycles. The van der Waals surface area contributed by atoms with Crippen LogP contribution < -0.4 is 9.64 Å². The van der Waals surface area contributed by atoms with E-state index in [0.717, 1.165) is 23.5 Å². The van der Waals surface area contributed by atoms with Crippen molar-refractivity contribution in [2.45, 2.75) is 32.9 Å². The summed E-state index contributed by atoms with van der Waals surface area (Å²) < 4.78 is 16.5. The quantitative estimate of drug-likeness (QED) is 0.501. The Hall–Kier alpha value is -2.86. The molecule has 0 N–H and O–H groups in total. The Kier molecular flexibility index (Phi) is 7.64. The van der Waals surface area contributed by atoms with Crippen LogP contribution in [0, 0.1) is 6.92 Å². The molecular formula is C23H28N2O4. The second-order valence-corrected chi connectivity index (χ2v) is 6.97. The predicted octanol–water partition coefficient (Wildman–Crippen LogP) is 3.68. The molecule has 1 unspecified atom stereocenters. The van der Waals surface area contributed by atoms with Gasteiger partial charge in [0.2, 0.25) is 0 Å². The van der Waals surface area contributed by atoms with E-state index < -0.39 is 0 Å². The minimum absolute atomic E-state index is 0.128. The Morgan fingerprint density at radius 1 is 1.31 bits per heavy atom. The van der Waals surface area contributed by atoms with Gasteiger partial charge >= 0.3 is 5.97 Å². The number of benzene rings is 1. The lowest BCUT2D eigenvalue weighted by molar-refractivity contribution is -0.137. The van der Waals surface area contributed by atoms with Crippen molar-refractivity contribution in [3.05, 3.63) is 66.0 Å². The molecule has 1 atom stereocenters. The van der Waals surface area contributed by atoms with Crippen LogP contribution in [0.2, 0.25) is 0 Å². The summed E-state index contributed by atoms with van der Waals surface area (Å²) in [7, 11) is 0. The lowest BCUT2D eigenvalue weighted by Gasteiger charge is -2.36. The number of aryl methyl sites for hydroxylation is 1. The Morgan fingerprint density at radius 3 is 2.93 bits per heavy atom. The van der Waals surface area contributed by atoms with Gasteiger partial charge in [0.25, 0.3) is 0 Å². The minimum atomic E-state index is -0.316. The first-order valence-corrected chi connectivity index (χ1v) is 9.96. The number of aromatic nitrogens is 1. The third-order valence-corrected chi connectivity index (χ3v) is 4.73. The molecule has 3 rings (SSSR count). The van der Waals surface area contributed by atoms with Gasteiger partial charge in [0, 0.05) is 18.7 Å². The molecule has 1 aliphatic rings. The highest BCUT2D eigenvalue weighted by molar-refractivity contribution is 5.81. The summed E-state index contributed by atoms with van der Waals surface area (Å²) in [5.74, 6) is 0.416. The van der Waals surface area contributed by atoms with Crippen molar-refractivity contribution >= 4 is 11.7 Å². The number of rotatable bonds is 8. The normalized spacial score (nSPS) is 16.8. The van der Waals surface area contributed by atoms with Crippen LogP contribution in [0.25, 0.3) is 0 Å². The maximum Gasteiger partial charge on any atom is 0.330 e. The predicted molar refractivity (Wildman–Crippen MR) is 112 cm³/mol. The van der Waals surface area contributed by atoms with Crippen molar-refractivity contribution in [2.24, 2.45) is 0 Å². The number of hydrogen-bond acceptors (Lipinski definition) is 6. The SMILES string of the molecule is CCOC(=O)/C=C/CC1COCCN1c1cncc(OCc2ccc(C)cc2)c1. The summed E-state index contributed by atoms with van der Waals surface area (Å²) in [6.07, 6.45) is 7.58. The van der Waals surface area contributed by atoms with Crippen LogP contribution in [0.5, 0.6) is 5.75 Å². The van der Waals surface area contributed by atoms with Crippen LogP contribution in [0.15, 0.2) is 54.9 Å². The number of nitrogens with zero attached hydrogens (tertiary/aromatic N) is 2. The topological polar surface area (TPSA) is 60.9 Å². The van der Waals surface area contributed by atoms with Crippen LogP contribution in [-0.2, 0) is 20.9 Å². The summed E-state index contributed by atoms with van der Waals surface area (Å²) in [6, 6.07) is 10.4. The number of morpholine rings is 1. The van der Waals surface area contributed by atoms with Crippen molar-refractivity contribution < 1.29 is 19.0 Å². The number of anilines is 1. The summed E-state index contributed by atoms with van der Waals surface area (Å²) in [4.78, 5) is 18.1. The summed E-state index contributed by atoms with van der Waals surface area (Å²) >= 11 is 0. The largest absolute Gasteiger partial charge is 0.487 e. The van der Waals surface area contributed by atoms with Crippen molar-refractivity contribution in [3.63, 3.8) is 0 Å². The van der Waals surface area contributed by atoms with Crippen molar-refractivity contribution in [2.75, 3.05) is 31.3 Å². The number of pyridine rings is 1. The van der Waals surface area contributed by atoms with Gasteiger partial charge in [-0.1, -0.05) is 35.9 Å². The molecular weight excluding hydrogens is 368 g/mol. The molecule has 6 nitrogen and oxygen atoms in total. The van der Waals surface area contributed by atoms with Crippen molar-refractivity contribution in [1.82, 2.24) is 4.98 Å². The third kappa shape index (κ3) is 6.32. The van der Waals surface area contributed by atoms with E-state index in [1.54, 1.807) is 13.1 Å². The lowest BCUT2D eigenvalue weighted by atomic mass is 10.1. The molecule has 2 heterocycles. The first-order chi connectivity index (χ1) is 14.2. The number of hydrogen-bond donors (Lipinski definition) is 0. The number of ether oxygens (including phenoxy) is 3. The summed E-state index contributed by atoms with van der Waals surface area (Å²) in [5.41, 5.74) is 3.34. The van der Waals surface area contributed by atoms with Gasteiger partial charge in [0.1, 0.15) is 12.4 Å². The molecule has 1 aliphatic heterocycles. The molecule has 0 radical (unpaired) electrons. The van der Waals surface area contributed by atoms with E-state index in [4.69, 9.17) is 14.2 Å². The number of carbonyl (C=O) groups is 1. The Bertz CT molecular complexity index is 820. The van der Waals surface area contributed by atoms with Gasteiger partial charge in [-0.25, -0.2) is 4.79 Å². The molecule has 1 fully saturated rings. The average Bonchev–Trinajstić information content (AvgIpc) is 2.74. The smallest absolute Gasteiger partial charge is 0.330 e. The summed E-state index contributed by atoms with van der Waals surface area (Å²) in [6.45, 7) is 6.76. The first-order valence-electron chi connectivity index (χ1n) is 9.96. The Labute approximate surface area is 172 Å². The lowest BCUT2D eigenvalue weighted by Crippen LogP contribution is -2.45. The van der Waals surface area contributed by atoms with E-state index >= 15 is 0 Å². The van der Waals surface area contributed by atoms with Crippen LogP contribution in [0.1, 0.15) is 24.5 Å². The molecule has 0 bridgehead atoms. The molecule has 1 aromatic heterocycles. The zero-order chi connectivity index (χ0) is 20.5. The average molecular weight is 396 g/mol. The van der Waals surface area contributed by atoms with E-state index in [1.807, 2.05) is 18.3 Å². The third-order valence-electron chi connectivity index (χ3n) is 4.73. The number of carbonyl (C=O) groups excluding carboxylic acids is 1. The first kappa shape index (κ1) is 20.9. The van der Waals surface area contributed by atoms with Crippen LogP contribution in [0.4, 0.5) is 5.69 Å². The second-order valence-electron chi connectivity index (χ2n) is 6.97. The highest BCUT2D eigenvalue weighted by atomic mass is 16.5. The molecule has 0 amide bonds. The van der Waals surface area contributed by atoms with Gasteiger partial charge in [0.15, 0.2) is 0 Å². The maximum atomic E-state index is 11.5. The summed E-state index contributed by atoms with van der Waals surface area (Å²) in [5, 5.41) is 0. The van der Waals surface area contributed by atoms with E-state index in [2.05, 4.69) is 41.1 Å². The van der Waals surface area contributed by atoms with Crippen LogP contribution in [0.3, 0.4) is 0 Å². The van der Waals surface area contributed by atoms with Gasteiger partial charge in [-0.3, -0.25) is 4.98 Å². The monoisotopic (exact) mass is 396 g/mol. The zero-order valence-corrected chi connectivity index (χ0v) is 17.0. The Balaban J connectivity index is 1.63. The highest BCUT2D eigenvalue weighted by Gasteiger charge is 2.23. The molecule has 154 valence electrons. The van der Waals surface area contributed by atoms with Gasteiger partial charge in [-0.2, -0.15) is 0 Å². The van der Waals surface area contributed by atoms with Gasteiger partial charge in [-0.15, -0.1) is 0 Å². The van der Waals surface area contributed by atoms with Crippen LogP contribution in [-0.4, -0.2) is 43.4 Å². The van der Waals surface area contributed by atoms with Crippen molar-refractivity contribution in [3.8, 4) is 5.75 Å². The van der Waals surface area contributed by atoms with E-state index in [9.17, 15) is 4.79 Å². The second kappa shape index (κ2) is 10.6. The Morgan fingerprint density at radius 2 is 2.14 bits per heavy atom. The van der Waals surface area contributed by atoms with E-state index in [-0.39, 0.29) is 12.0 Å². The fourth-order valence-electron chi connectivity index (χ4n) is 3.20. The highest BCUT2D eigenvalue weighted by Crippen LogP contribution is 2.25.